The molecule has 1 aromatic rings. The van der Waals surface area contributed by atoms with Crippen molar-refractivity contribution in [1.29, 1.82) is 0 Å². The van der Waals surface area contributed by atoms with Crippen molar-refractivity contribution in [3.63, 3.8) is 0 Å². The third-order valence-corrected chi connectivity index (χ3v) is 3.65. The van der Waals surface area contributed by atoms with Gasteiger partial charge in [-0.25, -0.2) is 4.39 Å². The normalized spacial score (nSPS) is 25.1. The van der Waals surface area contributed by atoms with Crippen LogP contribution in [0.5, 0.6) is 0 Å². The summed E-state index contributed by atoms with van der Waals surface area (Å²) in [6.07, 6.45) is 3.17. The van der Waals surface area contributed by atoms with Crippen LogP contribution in [0.2, 0.25) is 0 Å². The molecule has 17 heavy (non-hydrogen) atoms. The first kappa shape index (κ1) is 10.7. The molecule has 1 aliphatic heterocycles. The van der Waals surface area contributed by atoms with Gasteiger partial charge in [0.2, 0.25) is 5.91 Å². The van der Waals surface area contributed by atoms with Gasteiger partial charge in [0.25, 0.3) is 0 Å². The molecule has 1 heterocycles. The first-order valence-electron chi connectivity index (χ1n) is 6.06. The third kappa shape index (κ3) is 1.82. The average molecular weight is 234 g/mol. The zero-order valence-corrected chi connectivity index (χ0v) is 9.53. The minimum Gasteiger partial charge on any atom is -0.319 e. The summed E-state index contributed by atoms with van der Waals surface area (Å²) in [5, 5.41) is 3.16. The van der Waals surface area contributed by atoms with Crippen LogP contribution in [0, 0.1) is 5.82 Å². The summed E-state index contributed by atoms with van der Waals surface area (Å²) in [5.74, 6) is -0.124. The van der Waals surface area contributed by atoms with Crippen molar-refractivity contribution in [2.24, 2.45) is 0 Å². The van der Waals surface area contributed by atoms with E-state index < -0.39 is 0 Å². The second-order valence-corrected chi connectivity index (χ2v) is 4.72. The Kier molecular flexibility index (Phi) is 2.59. The number of carbonyl (C=O) groups is 1. The second kappa shape index (κ2) is 4.11. The molecule has 1 N–H and O–H groups in total. The van der Waals surface area contributed by atoms with Gasteiger partial charge in [-0.3, -0.25) is 10.1 Å². The third-order valence-electron chi connectivity index (χ3n) is 3.65. The first-order valence-corrected chi connectivity index (χ1v) is 6.06. The quantitative estimate of drug-likeness (QED) is 0.846. The van der Waals surface area contributed by atoms with Crippen LogP contribution in [0.1, 0.15) is 31.0 Å². The highest BCUT2D eigenvalue weighted by Gasteiger charge is 2.38. The van der Waals surface area contributed by atoms with Crippen LogP contribution in [-0.4, -0.2) is 23.4 Å². The minimum absolute atomic E-state index is 0.129. The summed E-state index contributed by atoms with van der Waals surface area (Å²) in [7, 11) is 0. The van der Waals surface area contributed by atoms with Crippen LogP contribution in [0.4, 0.5) is 4.39 Å². The number of hydrogen-bond donors (Lipinski definition) is 1. The van der Waals surface area contributed by atoms with E-state index in [1.807, 2.05) is 11.0 Å². The molecule has 4 heteroatoms. The molecule has 2 aliphatic rings. The number of hydrogen-bond acceptors (Lipinski definition) is 2. The number of rotatable bonds is 2. The van der Waals surface area contributed by atoms with Crippen molar-refractivity contribution in [1.82, 2.24) is 10.2 Å². The summed E-state index contributed by atoms with van der Waals surface area (Å²) in [4.78, 5) is 13.7. The van der Waals surface area contributed by atoms with Gasteiger partial charge >= 0.3 is 0 Å². The molecule has 1 saturated heterocycles. The molecule has 90 valence electrons. The van der Waals surface area contributed by atoms with Crippen molar-refractivity contribution in [2.45, 2.75) is 31.5 Å². The second-order valence-electron chi connectivity index (χ2n) is 4.72. The van der Waals surface area contributed by atoms with E-state index >= 15 is 0 Å². The Morgan fingerprint density at radius 1 is 1.35 bits per heavy atom. The van der Waals surface area contributed by atoms with Gasteiger partial charge in [0.1, 0.15) is 12.0 Å². The molecule has 0 bridgehead atoms. The number of nitrogens with one attached hydrogen (secondary N) is 1. The number of nitrogens with zero attached hydrogens (tertiary/aromatic N) is 1. The predicted molar refractivity (Wildman–Crippen MR) is 61.6 cm³/mol. The van der Waals surface area contributed by atoms with E-state index in [-0.39, 0.29) is 17.9 Å². The molecule has 0 radical (unpaired) electrons. The molecular formula is C13H15FN2O. The fourth-order valence-electron chi connectivity index (χ4n) is 2.55. The van der Waals surface area contributed by atoms with Crippen molar-refractivity contribution in [3.05, 3.63) is 35.6 Å². The van der Waals surface area contributed by atoms with Gasteiger partial charge in [-0.05, 0) is 37.0 Å². The fourth-order valence-corrected chi connectivity index (χ4v) is 2.55. The standard InChI is InChI=1S/C13H15FN2O/c14-10-4-1-3-9(7-10)13-15-8-12(17)16(13)11-5-2-6-11/h1,3-4,7,11,13,15H,2,5-6,8H2. The maximum absolute atomic E-state index is 13.2. The molecule has 1 amide bonds. The fraction of sp³-hybridized carbons (Fsp3) is 0.462. The van der Waals surface area contributed by atoms with E-state index in [0.717, 1.165) is 18.4 Å². The molecule has 1 saturated carbocycles. The van der Waals surface area contributed by atoms with Gasteiger partial charge in [-0.1, -0.05) is 12.1 Å². The maximum atomic E-state index is 13.2. The van der Waals surface area contributed by atoms with Crippen LogP contribution < -0.4 is 5.32 Å². The number of halogens is 1. The maximum Gasteiger partial charge on any atom is 0.238 e. The molecule has 3 rings (SSSR count). The Morgan fingerprint density at radius 2 is 2.18 bits per heavy atom. The Morgan fingerprint density at radius 3 is 2.82 bits per heavy atom. The zero-order valence-electron chi connectivity index (χ0n) is 9.53. The van der Waals surface area contributed by atoms with Crippen molar-refractivity contribution >= 4 is 5.91 Å². The molecule has 1 aliphatic carbocycles. The van der Waals surface area contributed by atoms with Gasteiger partial charge in [-0.2, -0.15) is 0 Å². The highest BCUT2D eigenvalue weighted by atomic mass is 19.1. The topological polar surface area (TPSA) is 32.3 Å². The summed E-state index contributed by atoms with van der Waals surface area (Å²) in [6, 6.07) is 6.82. The lowest BCUT2D eigenvalue weighted by molar-refractivity contribution is -0.132. The van der Waals surface area contributed by atoms with E-state index in [9.17, 15) is 9.18 Å². The molecule has 1 aromatic carbocycles. The van der Waals surface area contributed by atoms with Gasteiger partial charge < -0.3 is 4.90 Å². The minimum atomic E-state index is -0.253. The monoisotopic (exact) mass is 234 g/mol. The Hall–Kier alpha value is -1.42. The van der Waals surface area contributed by atoms with E-state index in [0.29, 0.717) is 12.6 Å². The molecule has 0 aromatic heterocycles. The Balaban J connectivity index is 1.88. The largest absolute Gasteiger partial charge is 0.319 e. The van der Waals surface area contributed by atoms with E-state index in [2.05, 4.69) is 5.32 Å². The van der Waals surface area contributed by atoms with Crippen molar-refractivity contribution < 1.29 is 9.18 Å². The first-order chi connectivity index (χ1) is 8.25. The molecule has 3 nitrogen and oxygen atoms in total. The highest BCUT2D eigenvalue weighted by molar-refractivity contribution is 5.81. The predicted octanol–water partition coefficient (Wildman–Crippen LogP) is 1.81. The number of carbonyl (C=O) groups excluding carboxylic acids is 1. The van der Waals surface area contributed by atoms with E-state index in [1.54, 1.807) is 6.07 Å². The summed E-state index contributed by atoms with van der Waals surface area (Å²) in [6.45, 7) is 0.359. The lowest BCUT2D eigenvalue weighted by atomic mass is 9.91. The van der Waals surface area contributed by atoms with Crippen LogP contribution in [0.25, 0.3) is 0 Å². The van der Waals surface area contributed by atoms with Crippen molar-refractivity contribution in [3.8, 4) is 0 Å². The van der Waals surface area contributed by atoms with Gasteiger partial charge in [0, 0.05) is 6.04 Å². The summed E-state index contributed by atoms with van der Waals surface area (Å²) < 4.78 is 13.2. The van der Waals surface area contributed by atoms with Gasteiger partial charge in [0.15, 0.2) is 0 Å². The number of amides is 1. The molecular weight excluding hydrogens is 219 g/mol. The van der Waals surface area contributed by atoms with Crippen LogP contribution in [0.3, 0.4) is 0 Å². The zero-order chi connectivity index (χ0) is 11.8. The summed E-state index contributed by atoms with van der Waals surface area (Å²) in [5.41, 5.74) is 0.836. The lowest BCUT2D eigenvalue weighted by Gasteiger charge is -2.38. The van der Waals surface area contributed by atoms with Gasteiger partial charge in [0.05, 0.1) is 6.54 Å². The van der Waals surface area contributed by atoms with Crippen LogP contribution in [-0.2, 0) is 4.79 Å². The van der Waals surface area contributed by atoms with E-state index in [1.165, 1.54) is 18.6 Å². The smallest absolute Gasteiger partial charge is 0.238 e. The number of benzene rings is 1. The molecule has 1 atom stereocenters. The molecule has 0 spiro atoms. The SMILES string of the molecule is O=C1CNC(c2cccc(F)c2)N1C1CCC1. The average Bonchev–Trinajstić information content (AvgIpc) is 2.59. The Bertz CT molecular complexity index is 445. The van der Waals surface area contributed by atoms with Crippen LogP contribution in [0.15, 0.2) is 24.3 Å². The van der Waals surface area contributed by atoms with Crippen LogP contribution >= 0.6 is 0 Å². The molecule has 1 unspecified atom stereocenters. The van der Waals surface area contributed by atoms with Crippen molar-refractivity contribution in [2.75, 3.05) is 6.54 Å². The molecule has 2 fully saturated rings. The summed E-state index contributed by atoms with van der Waals surface area (Å²) >= 11 is 0. The van der Waals surface area contributed by atoms with E-state index in [4.69, 9.17) is 0 Å². The highest BCUT2D eigenvalue weighted by Crippen LogP contribution is 2.33. The Labute approximate surface area is 99.6 Å². The lowest BCUT2D eigenvalue weighted by Crippen LogP contribution is -2.43. The van der Waals surface area contributed by atoms with Gasteiger partial charge in [-0.15, -0.1) is 0 Å².